The number of nitrogens with zero attached hydrogens (tertiary/aromatic N) is 3. The molecule has 2 aromatic heterocycles. The Labute approximate surface area is 222 Å². The van der Waals surface area contributed by atoms with Crippen LogP contribution >= 0.6 is 11.3 Å². The molecule has 1 aromatic carbocycles. The second-order valence-electron chi connectivity index (χ2n) is 9.76. The molecule has 4 rings (SSSR count). The molecule has 1 amide bonds. The van der Waals surface area contributed by atoms with Crippen LogP contribution in [0.5, 0.6) is 0 Å². The zero-order valence-corrected chi connectivity index (χ0v) is 22.4. The molecule has 0 saturated carbocycles. The minimum atomic E-state index is -0.970. The van der Waals surface area contributed by atoms with Crippen molar-refractivity contribution in [3.05, 3.63) is 58.6 Å². The van der Waals surface area contributed by atoms with Crippen molar-refractivity contribution < 1.29 is 19.4 Å². The maximum absolute atomic E-state index is 12.5. The van der Waals surface area contributed by atoms with E-state index in [1.54, 1.807) is 0 Å². The number of rotatable bonds is 12. The number of carboxylic acid groups (broad SMARTS) is 1. The molecule has 37 heavy (non-hydrogen) atoms. The second-order valence-corrected chi connectivity index (χ2v) is 10.8. The Kier molecular flexibility index (Phi) is 9.62. The summed E-state index contributed by atoms with van der Waals surface area (Å²) < 4.78 is 7.11. The number of likely N-dealkylation sites (tertiary alicyclic amines) is 1. The van der Waals surface area contributed by atoms with E-state index in [-0.39, 0.29) is 11.5 Å². The van der Waals surface area contributed by atoms with E-state index in [9.17, 15) is 14.7 Å². The van der Waals surface area contributed by atoms with E-state index in [1.165, 1.54) is 42.9 Å². The Bertz CT molecular complexity index is 1210. The highest BCUT2D eigenvalue weighted by Crippen LogP contribution is 2.37. The van der Waals surface area contributed by atoms with Gasteiger partial charge < -0.3 is 25.0 Å². The van der Waals surface area contributed by atoms with Gasteiger partial charge in [-0.25, -0.2) is 4.79 Å². The number of carboxylic acids is 1. The van der Waals surface area contributed by atoms with Crippen molar-refractivity contribution in [2.24, 2.45) is 0 Å². The van der Waals surface area contributed by atoms with Gasteiger partial charge in [0.25, 0.3) is 0 Å². The van der Waals surface area contributed by atoms with Crippen LogP contribution in [-0.2, 0) is 9.53 Å². The Morgan fingerprint density at radius 2 is 2.00 bits per heavy atom. The van der Waals surface area contributed by atoms with Gasteiger partial charge in [0.05, 0.1) is 22.4 Å². The van der Waals surface area contributed by atoms with Crippen LogP contribution in [0.2, 0.25) is 0 Å². The zero-order valence-electron chi connectivity index (χ0n) is 21.6. The van der Waals surface area contributed by atoms with Crippen molar-refractivity contribution in [3.8, 4) is 0 Å². The quantitative estimate of drug-likeness (QED) is 0.349. The van der Waals surface area contributed by atoms with Crippen molar-refractivity contribution in [2.75, 3.05) is 52.2 Å². The van der Waals surface area contributed by atoms with Gasteiger partial charge in [0, 0.05) is 29.7 Å². The number of anilines is 1. The minimum absolute atomic E-state index is 0.0151. The summed E-state index contributed by atoms with van der Waals surface area (Å²) in [5.74, 6) is -0.985. The fourth-order valence-electron chi connectivity index (χ4n) is 4.64. The molecule has 0 aliphatic carbocycles. The van der Waals surface area contributed by atoms with Gasteiger partial charge in [-0.05, 0) is 82.8 Å². The fraction of sp³-hybridized carbons (Fsp3) is 0.464. The van der Waals surface area contributed by atoms with Crippen LogP contribution in [-0.4, -0.2) is 78.6 Å². The molecule has 0 spiro atoms. The number of nitrogens with one attached hydrogen (secondary N) is 1. The van der Waals surface area contributed by atoms with Gasteiger partial charge in [-0.1, -0.05) is 18.6 Å². The first kappa shape index (κ1) is 27.2. The number of carbonyl (C=O) groups is 2. The van der Waals surface area contributed by atoms with Gasteiger partial charge in [0.15, 0.2) is 0 Å². The summed E-state index contributed by atoms with van der Waals surface area (Å²) in [5, 5.41) is 12.7. The number of ether oxygens (including phenoxy) is 1. The van der Waals surface area contributed by atoms with E-state index in [0.29, 0.717) is 23.2 Å². The molecule has 198 valence electrons. The fourth-order valence-corrected chi connectivity index (χ4v) is 5.84. The van der Waals surface area contributed by atoms with Gasteiger partial charge in [-0.2, -0.15) is 0 Å². The lowest BCUT2D eigenvalue weighted by molar-refractivity contribution is -0.116. The summed E-state index contributed by atoms with van der Waals surface area (Å²) in [4.78, 5) is 34.0. The number of amides is 1. The first-order valence-electron chi connectivity index (χ1n) is 12.9. The largest absolute Gasteiger partial charge is 0.478 e. The number of hydrogen-bond acceptors (Lipinski definition) is 7. The summed E-state index contributed by atoms with van der Waals surface area (Å²) in [7, 11) is 3.99. The lowest BCUT2D eigenvalue weighted by Gasteiger charge is -2.27. The first-order chi connectivity index (χ1) is 17.9. The molecule has 1 atom stereocenters. The minimum Gasteiger partial charge on any atom is -0.478 e. The summed E-state index contributed by atoms with van der Waals surface area (Å²) in [6, 6.07) is 11.2. The summed E-state index contributed by atoms with van der Waals surface area (Å²) in [6.07, 6.45) is 6.12. The van der Waals surface area contributed by atoms with Crippen LogP contribution in [0.15, 0.2) is 42.6 Å². The molecule has 9 heteroatoms. The maximum Gasteiger partial charge on any atom is 0.337 e. The third-order valence-corrected chi connectivity index (χ3v) is 7.74. The smallest absolute Gasteiger partial charge is 0.337 e. The molecule has 0 bridgehead atoms. The zero-order chi connectivity index (χ0) is 26.2. The number of fused-ring (bicyclic) bond motifs is 1. The van der Waals surface area contributed by atoms with Crippen LogP contribution in [0.1, 0.15) is 59.0 Å². The Balaban J connectivity index is 1.55. The molecule has 3 aromatic rings. The van der Waals surface area contributed by atoms with E-state index >= 15 is 0 Å². The number of aromatic carboxylic acids is 1. The van der Waals surface area contributed by atoms with E-state index in [0.717, 1.165) is 48.7 Å². The predicted molar refractivity (Wildman–Crippen MR) is 148 cm³/mol. The van der Waals surface area contributed by atoms with Crippen molar-refractivity contribution in [1.82, 2.24) is 14.8 Å². The van der Waals surface area contributed by atoms with E-state index in [1.807, 2.05) is 44.4 Å². The summed E-state index contributed by atoms with van der Waals surface area (Å²) in [5.41, 5.74) is 2.53. The van der Waals surface area contributed by atoms with Gasteiger partial charge in [0.1, 0.15) is 6.10 Å². The SMILES string of the molecule is CN(C)CCCC(=O)Nc1cccc([C@H](OCCN2CCCCC2)c2cc3nccc(C(=O)O)c3s2)c1. The van der Waals surface area contributed by atoms with Crippen LogP contribution < -0.4 is 5.32 Å². The average Bonchev–Trinajstić information content (AvgIpc) is 3.31. The third-order valence-electron chi connectivity index (χ3n) is 6.54. The number of aromatic nitrogens is 1. The lowest BCUT2D eigenvalue weighted by Crippen LogP contribution is -2.33. The highest BCUT2D eigenvalue weighted by molar-refractivity contribution is 7.19. The molecule has 8 nitrogen and oxygen atoms in total. The molecule has 2 N–H and O–H groups in total. The van der Waals surface area contributed by atoms with E-state index in [4.69, 9.17) is 4.74 Å². The maximum atomic E-state index is 12.5. The van der Waals surface area contributed by atoms with Crippen LogP contribution in [0.4, 0.5) is 5.69 Å². The molecule has 0 unspecified atom stereocenters. The average molecular weight is 525 g/mol. The standard InChI is InChI=1S/C28H36N4O4S/c1-31(2)13-7-10-25(33)30-21-9-6-8-20(18-21)26(36-17-16-32-14-4-3-5-15-32)24-19-23-27(37-24)22(28(34)35)11-12-29-23/h6,8-9,11-12,18-19,26H,3-5,7,10,13-17H2,1-2H3,(H,30,33)(H,34,35)/t26-/m0/s1. The number of carbonyl (C=O) groups excluding carboxylic acids is 1. The highest BCUT2D eigenvalue weighted by Gasteiger charge is 2.22. The number of pyridine rings is 1. The molecule has 1 saturated heterocycles. The van der Waals surface area contributed by atoms with Gasteiger partial charge in [0.2, 0.25) is 5.91 Å². The van der Waals surface area contributed by atoms with Crippen molar-refractivity contribution >= 4 is 39.1 Å². The number of hydrogen-bond donors (Lipinski definition) is 2. The lowest BCUT2D eigenvalue weighted by atomic mass is 10.1. The number of thiophene rings is 1. The van der Waals surface area contributed by atoms with Crippen molar-refractivity contribution in [2.45, 2.75) is 38.2 Å². The van der Waals surface area contributed by atoms with E-state index < -0.39 is 12.1 Å². The van der Waals surface area contributed by atoms with Crippen LogP contribution in [0.3, 0.4) is 0 Å². The monoisotopic (exact) mass is 524 g/mol. The Morgan fingerprint density at radius 1 is 1.19 bits per heavy atom. The first-order valence-corrected chi connectivity index (χ1v) is 13.7. The molecule has 1 fully saturated rings. The summed E-state index contributed by atoms with van der Waals surface area (Å²) in [6.45, 7) is 4.45. The van der Waals surface area contributed by atoms with Crippen LogP contribution in [0, 0.1) is 0 Å². The second kappa shape index (κ2) is 13.1. The third kappa shape index (κ3) is 7.58. The predicted octanol–water partition coefficient (Wildman–Crippen LogP) is 4.87. The molecule has 1 aliphatic rings. The molecular weight excluding hydrogens is 488 g/mol. The Morgan fingerprint density at radius 3 is 2.76 bits per heavy atom. The number of piperidine rings is 1. The molecule has 1 aliphatic heterocycles. The topological polar surface area (TPSA) is 95.0 Å². The van der Waals surface area contributed by atoms with Crippen LogP contribution in [0.25, 0.3) is 10.2 Å². The van der Waals surface area contributed by atoms with Crippen molar-refractivity contribution in [3.63, 3.8) is 0 Å². The summed E-state index contributed by atoms with van der Waals surface area (Å²) >= 11 is 1.40. The number of benzene rings is 1. The molecule has 3 heterocycles. The molecule has 0 radical (unpaired) electrons. The van der Waals surface area contributed by atoms with Gasteiger partial charge in [-0.3, -0.25) is 9.78 Å². The van der Waals surface area contributed by atoms with Gasteiger partial charge >= 0.3 is 5.97 Å². The van der Waals surface area contributed by atoms with Crippen molar-refractivity contribution in [1.29, 1.82) is 0 Å². The highest BCUT2D eigenvalue weighted by atomic mass is 32.1. The molecular formula is C28H36N4O4S. The normalized spacial score (nSPS) is 15.2. The van der Waals surface area contributed by atoms with E-state index in [2.05, 4.69) is 20.1 Å². The van der Waals surface area contributed by atoms with Gasteiger partial charge in [-0.15, -0.1) is 11.3 Å². The Hall–Kier alpha value is -2.85.